The molecule has 96 valence electrons. The van der Waals surface area contributed by atoms with Crippen LogP contribution in [0.3, 0.4) is 0 Å². The molecule has 1 atom stereocenters. The quantitative estimate of drug-likeness (QED) is 0.762. The smallest absolute Gasteiger partial charge is 0.137 e. The lowest BCUT2D eigenvalue weighted by atomic mass is 10.2. The number of benzene rings is 1. The standard InChI is InChI=1S/C13H20ClNO2/c1-10-4-5-13(12(14)8-10)17-7-6-15-11(2)9-16-3/h4-5,8,11,15H,6-7,9H2,1-3H3. The topological polar surface area (TPSA) is 30.5 Å². The minimum atomic E-state index is 0.331. The van der Waals surface area contributed by atoms with Gasteiger partial charge in [0.1, 0.15) is 12.4 Å². The van der Waals surface area contributed by atoms with E-state index < -0.39 is 0 Å². The lowest BCUT2D eigenvalue weighted by Gasteiger charge is -2.13. The Hall–Kier alpha value is -0.770. The van der Waals surface area contributed by atoms with Crippen molar-refractivity contribution in [3.05, 3.63) is 28.8 Å². The van der Waals surface area contributed by atoms with E-state index in [1.165, 1.54) is 0 Å². The van der Waals surface area contributed by atoms with Gasteiger partial charge in [-0.05, 0) is 31.5 Å². The van der Waals surface area contributed by atoms with Gasteiger partial charge in [0.2, 0.25) is 0 Å². The lowest BCUT2D eigenvalue weighted by molar-refractivity contribution is 0.169. The normalized spacial score (nSPS) is 12.5. The maximum atomic E-state index is 6.06. The molecule has 1 unspecified atom stereocenters. The second-order valence-electron chi connectivity index (χ2n) is 4.09. The Morgan fingerprint density at radius 2 is 2.18 bits per heavy atom. The molecule has 4 heteroatoms. The lowest BCUT2D eigenvalue weighted by Crippen LogP contribution is -2.33. The van der Waals surface area contributed by atoms with Gasteiger partial charge in [-0.15, -0.1) is 0 Å². The fraction of sp³-hybridized carbons (Fsp3) is 0.538. The molecule has 1 N–H and O–H groups in total. The summed E-state index contributed by atoms with van der Waals surface area (Å²) in [6, 6.07) is 6.12. The van der Waals surface area contributed by atoms with Crippen molar-refractivity contribution in [1.29, 1.82) is 0 Å². The molecule has 3 nitrogen and oxygen atoms in total. The summed E-state index contributed by atoms with van der Waals surface area (Å²) in [5.41, 5.74) is 1.13. The molecule has 0 aliphatic rings. The number of nitrogens with one attached hydrogen (secondary N) is 1. The van der Waals surface area contributed by atoms with Crippen molar-refractivity contribution in [3.8, 4) is 5.75 Å². The van der Waals surface area contributed by atoms with Crippen LogP contribution in [0, 0.1) is 6.92 Å². The van der Waals surface area contributed by atoms with Crippen molar-refractivity contribution >= 4 is 11.6 Å². The summed E-state index contributed by atoms with van der Waals surface area (Å²) in [6.07, 6.45) is 0. The van der Waals surface area contributed by atoms with Crippen LogP contribution in [0.15, 0.2) is 18.2 Å². The van der Waals surface area contributed by atoms with E-state index in [4.69, 9.17) is 21.1 Å². The number of halogens is 1. The van der Waals surface area contributed by atoms with Crippen LogP contribution in [0.1, 0.15) is 12.5 Å². The summed E-state index contributed by atoms with van der Waals surface area (Å²) in [5, 5.41) is 3.95. The molecule has 1 rings (SSSR count). The number of aryl methyl sites for hydroxylation is 1. The van der Waals surface area contributed by atoms with Crippen LogP contribution in [-0.4, -0.2) is 32.9 Å². The largest absolute Gasteiger partial charge is 0.491 e. The summed E-state index contributed by atoms with van der Waals surface area (Å²) >= 11 is 6.06. The summed E-state index contributed by atoms with van der Waals surface area (Å²) in [5.74, 6) is 0.735. The van der Waals surface area contributed by atoms with E-state index in [0.717, 1.165) is 17.9 Å². The molecular weight excluding hydrogens is 238 g/mol. The number of hydrogen-bond acceptors (Lipinski definition) is 3. The SMILES string of the molecule is COCC(C)NCCOc1ccc(C)cc1Cl. The molecule has 1 aromatic carbocycles. The average Bonchev–Trinajstić information content (AvgIpc) is 2.27. The molecule has 0 fully saturated rings. The van der Waals surface area contributed by atoms with E-state index in [0.29, 0.717) is 24.3 Å². The minimum absolute atomic E-state index is 0.331. The van der Waals surface area contributed by atoms with Gasteiger partial charge in [0.15, 0.2) is 0 Å². The summed E-state index contributed by atoms with van der Waals surface area (Å²) in [7, 11) is 1.70. The van der Waals surface area contributed by atoms with Crippen LogP contribution in [0.25, 0.3) is 0 Å². The van der Waals surface area contributed by atoms with Gasteiger partial charge in [0, 0.05) is 19.7 Å². The summed E-state index contributed by atoms with van der Waals surface area (Å²) in [4.78, 5) is 0. The zero-order valence-corrected chi connectivity index (χ0v) is 11.4. The van der Waals surface area contributed by atoms with Crippen LogP contribution in [0.5, 0.6) is 5.75 Å². The average molecular weight is 258 g/mol. The second-order valence-corrected chi connectivity index (χ2v) is 4.50. The molecule has 0 heterocycles. The van der Waals surface area contributed by atoms with Gasteiger partial charge in [-0.1, -0.05) is 17.7 Å². The first-order chi connectivity index (χ1) is 8.13. The molecule has 0 aliphatic carbocycles. The van der Waals surface area contributed by atoms with E-state index in [9.17, 15) is 0 Å². The number of methoxy groups -OCH3 is 1. The Morgan fingerprint density at radius 3 is 2.82 bits per heavy atom. The van der Waals surface area contributed by atoms with Gasteiger partial charge >= 0.3 is 0 Å². The highest BCUT2D eigenvalue weighted by Gasteiger charge is 2.02. The van der Waals surface area contributed by atoms with Gasteiger partial charge in [0.25, 0.3) is 0 Å². The molecule has 0 saturated heterocycles. The van der Waals surface area contributed by atoms with Gasteiger partial charge in [-0.25, -0.2) is 0 Å². The van der Waals surface area contributed by atoms with Crippen LogP contribution < -0.4 is 10.1 Å². The highest BCUT2D eigenvalue weighted by molar-refractivity contribution is 6.32. The van der Waals surface area contributed by atoms with Crippen LogP contribution in [0.4, 0.5) is 0 Å². The van der Waals surface area contributed by atoms with Gasteiger partial charge in [-0.3, -0.25) is 0 Å². The highest BCUT2D eigenvalue weighted by Crippen LogP contribution is 2.24. The molecule has 0 aliphatic heterocycles. The van der Waals surface area contributed by atoms with E-state index in [1.807, 2.05) is 25.1 Å². The van der Waals surface area contributed by atoms with Gasteiger partial charge in [0.05, 0.1) is 11.6 Å². The van der Waals surface area contributed by atoms with Crippen molar-refractivity contribution < 1.29 is 9.47 Å². The molecule has 17 heavy (non-hydrogen) atoms. The number of hydrogen-bond donors (Lipinski definition) is 1. The van der Waals surface area contributed by atoms with Crippen molar-refractivity contribution in [2.45, 2.75) is 19.9 Å². The van der Waals surface area contributed by atoms with Crippen molar-refractivity contribution in [2.75, 3.05) is 26.9 Å². The second kappa shape index (κ2) is 7.54. The molecule has 0 aromatic heterocycles. The highest BCUT2D eigenvalue weighted by atomic mass is 35.5. The monoisotopic (exact) mass is 257 g/mol. The third-order valence-electron chi connectivity index (χ3n) is 2.36. The predicted octanol–water partition coefficient (Wildman–Crippen LogP) is 2.65. The maximum absolute atomic E-state index is 6.06. The summed E-state index contributed by atoms with van der Waals surface area (Å²) < 4.78 is 10.6. The number of rotatable bonds is 7. The maximum Gasteiger partial charge on any atom is 0.137 e. The molecule has 0 spiro atoms. The Balaban J connectivity index is 2.26. The van der Waals surface area contributed by atoms with Crippen molar-refractivity contribution in [3.63, 3.8) is 0 Å². The zero-order valence-electron chi connectivity index (χ0n) is 10.6. The van der Waals surface area contributed by atoms with Crippen LogP contribution >= 0.6 is 11.6 Å². The van der Waals surface area contributed by atoms with E-state index in [2.05, 4.69) is 12.2 Å². The molecule has 0 amide bonds. The van der Waals surface area contributed by atoms with E-state index in [-0.39, 0.29) is 0 Å². The molecule has 0 saturated carbocycles. The fourth-order valence-corrected chi connectivity index (χ4v) is 1.79. The fourth-order valence-electron chi connectivity index (χ4n) is 1.50. The molecule has 1 aromatic rings. The molecular formula is C13H20ClNO2. The Bertz CT molecular complexity index is 344. The Morgan fingerprint density at radius 1 is 1.41 bits per heavy atom. The third-order valence-corrected chi connectivity index (χ3v) is 2.65. The Kier molecular flexibility index (Phi) is 6.34. The predicted molar refractivity (Wildman–Crippen MR) is 71.0 cm³/mol. The summed E-state index contributed by atoms with van der Waals surface area (Å²) in [6.45, 7) is 6.14. The molecule has 0 bridgehead atoms. The van der Waals surface area contributed by atoms with Gasteiger partial charge < -0.3 is 14.8 Å². The minimum Gasteiger partial charge on any atom is -0.491 e. The first-order valence-electron chi connectivity index (χ1n) is 5.74. The van der Waals surface area contributed by atoms with Crippen LogP contribution in [-0.2, 0) is 4.74 Å². The first kappa shape index (κ1) is 14.3. The van der Waals surface area contributed by atoms with Crippen molar-refractivity contribution in [2.24, 2.45) is 0 Å². The Labute approximate surface area is 108 Å². The number of ether oxygens (including phenoxy) is 2. The van der Waals surface area contributed by atoms with E-state index in [1.54, 1.807) is 7.11 Å². The van der Waals surface area contributed by atoms with Gasteiger partial charge in [-0.2, -0.15) is 0 Å². The zero-order chi connectivity index (χ0) is 12.7. The van der Waals surface area contributed by atoms with Crippen molar-refractivity contribution in [1.82, 2.24) is 5.32 Å². The van der Waals surface area contributed by atoms with E-state index >= 15 is 0 Å². The van der Waals surface area contributed by atoms with Crippen LogP contribution in [0.2, 0.25) is 5.02 Å². The first-order valence-corrected chi connectivity index (χ1v) is 6.12. The molecule has 0 radical (unpaired) electrons. The third kappa shape index (κ3) is 5.39.